The van der Waals surface area contributed by atoms with Crippen LogP contribution in [-0.2, 0) is 6.42 Å². The minimum absolute atomic E-state index is 0.679. The van der Waals surface area contributed by atoms with Crippen LogP contribution in [0.3, 0.4) is 0 Å². The molecular weight excluding hydrogens is 272 g/mol. The minimum Gasteiger partial charge on any atom is -0.494 e. The number of hydrogen-bond donors (Lipinski definition) is 0. The van der Waals surface area contributed by atoms with Gasteiger partial charge in [0.1, 0.15) is 5.75 Å². The summed E-state index contributed by atoms with van der Waals surface area (Å²) in [6, 6.07) is 12.1. The van der Waals surface area contributed by atoms with Gasteiger partial charge in [-0.2, -0.15) is 0 Å². The van der Waals surface area contributed by atoms with Gasteiger partial charge in [0.15, 0.2) is 0 Å². The van der Waals surface area contributed by atoms with Crippen molar-refractivity contribution in [3.8, 4) is 5.75 Å². The molecule has 0 spiro atoms. The number of benzene rings is 1. The van der Waals surface area contributed by atoms with Crippen LogP contribution in [0.1, 0.15) is 25.0 Å². The van der Waals surface area contributed by atoms with E-state index in [4.69, 9.17) is 4.74 Å². The molecule has 3 nitrogen and oxygen atoms in total. The average molecular weight is 294 g/mol. The predicted octanol–water partition coefficient (Wildman–Crippen LogP) is 4.09. The smallest absolute Gasteiger partial charge is 0.122 e. The van der Waals surface area contributed by atoms with Crippen LogP contribution >= 0.6 is 0 Å². The molecule has 0 aliphatic heterocycles. The SMILES string of the molecule is CCOc1ccccc1C/C(C)=C/C(=NC)c1ccncc1. The van der Waals surface area contributed by atoms with E-state index in [0.717, 1.165) is 23.4 Å². The predicted molar refractivity (Wildman–Crippen MR) is 91.8 cm³/mol. The standard InChI is InChI=1S/C19H22N2O/c1-4-22-19-8-6-5-7-17(19)13-15(2)14-18(20-3)16-9-11-21-12-10-16/h5-12,14H,4,13H2,1-3H3/b15-14+,20-18?. The Hall–Kier alpha value is -2.42. The van der Waals surface area contributed by atoms with Crippen LogP contribution in [-0.4, -0.2) is 24.4 Å². The molecule has 0 aliphatic carbocycles. The lowest BCUT2D eigenvalue weighted by atomic mass is 10.0. The van der Waals surface area contributed by atoms with Crippen molar-refractivity contribution in [3.05, 3.63) is 71.6 Å². The quantitative estimate of drug-likeness (QED) is 0.752. The summed E-state index contributed by atoms with van der Waals surface area (Å²) in [6.07, 6.45) is 6.54. The molecule has 1 heterocycles. The van der Waals surface area contributed by atoms with Crippen LogP contribution in [0.2, 0.25) is 0 Å². The highest BCUT2D eigenvalue weighted by atomic mass is 16.5. The molecule has 3 heteroatoms. The number of allylic oxidation sites excluding steroid dienone is 2. The first-order valence-electron chi connectivity index (χ1n) is 7.49. The summed E-state index contributed by atoms with van der Waals surface area (Å²) in [5.41, 5.74) is 4.48. The van der Waals surface area contributed by atoms with Crippen LogP contribution in [0.4, 0.5) is 0 Å². The third-order valence-corrected chi connectivity index (χ3v) is 3.34. The van der Waals surface area contributed by atoms with Gasteiger partial charge in [0.05, 0.1) is 12.3 Å². The summed E-state index contributed by atoms with van der Waals surface area (Å²) < 4.78 is 5.69. The number of pyridine rings is 1. The largest absolute Gasteiger partial charge is 0.494 e. The van der Waals surface area contributed by atoms with Crippen molar-refractivity contribution in [3.63, 3.8) is 0 Å². The zero-order valence-electron chi connectivity index (χ0n) is 13.4. The third-order valence-electron chi connectivity index (χ3n) is 3.34. The van der Waals surface area contributed by atoms with E-state index in [0.29, 0.717) is 6.61 Å². The second-order valence-electron chi connectivity index (χ2n) is 5.05. The molecule has 114 valence electrons. The molecule has 0 bridgehead atoms. The van der Waals surface area contributed by atoms with Gasteiger partial charge in [-0.25, -0.2) is 0 Å². The fourth-order valence-electron chi connectivity index (χ4n) is 2.33. The fraction of sp³-hybridized carbons (Fsp3) is 0.263. The molecule has 0 fully saturated rings. The van der Waals surface area contributed by atoms with E-state index >= 15 is 0 Å². The van der Waals surface area contributed by atoms with Crippen LogP contribution in [0.15, 0.2) is 65.4 Å². The summed E-state index contributed by atoms with van der Waals surface area (Å²) in [4.78, 5) is 8.43. The lowest BCUT2D eigenvalue weighted by Gasteiger charge is -2.10. The number of para-hydroxylation sites is 1. The Labute approximate surface area is 132 Å². The van der Waals surface area contributed by atoms with E-state index in [1.807, 2.05) is 44.3 Å². The minimum atomic E-state index is 0.679. The van der Waals surface area contributed by atoms with Crippen molar-refractivity contribution >= 4 is 5.71 Å². The molecule has 1 aromatic carbocycles. The van der Waals surface area contributed by atoms with E-state index in [-0.39, 0.29) is 0 Å². The van der Waals surface area contributed by atoms with Crippen molar-refractivity contribution in [2.24, 2.45) is 4.99 Å². The van der Waals surface area contributed by atoms with Gasteiger partial charge in [0, 0.05) is 25.0 Å². The lowest BCUT2D eigenvalue weighted by Crippen LogP contribution is -2.01. The van der Waals surface area contributed by atoms with E-state index in [1.165, 1.54) is 11.1 Å². The highest BCUT2D eigenvalue weighted by Crippen LogP contribution is 2.21. The Morgan fingerprint density at radius 1 is 1.18 bits per heavy atom. The molecule has 1 aromatic heterocycles. The normalized spacial score (nSPS) is 12.3. The van der Waals surface area contributed by atoms with E-state index in [9.17, 15) is 0 Å². The van der Waals surface area contributed by atoms with Crippen LogP contribution in [0.5, 0.6) is 5.75 Å². The second-order valence-corrected chi connectivity index (χ2v) is 5.05. The Kier molecular flexibility index (Phi) is 5.90. The Morgan fingerprint density at radius 3 is 2.59 bits per heavy atom. The molecule has 0 saturated heterocycles. The molecule has 0 radical (unpaired) electrons. The molecule has 2 aromatic rings. The molecule has 0 N–H and O–H groups in total. The molecule has 0 atom stereocenters. The van der Waals surface area contributed by atoms with Gasteiger partial charge in [0.2, 0.25) is 0 Å². The van der Waals surface area contributed by atoms with Crippen molar-refractivity contribution in [1.29, 1.82) is 0 Å². The van der Waals surface area contributed by atoms with Gasteiger partial charge in [0.25, 0.3) is 0 Å². The lowest BCUT2D eigenvalue weighted by molar-refractivity contribution is 0.337. The Balaban J connectivity index is 2.19. The summed E-state index contributed by atoms with van der Waals surface area (Å²) in [7, 11) is 1.81. The first kappa shape index (κ1) is 16.0. The summed E-state index contributed by atoms with van der Waals surface area (Å²) >= 11 is 0. The van der Waals surface area contributed by atoms with Gasteiger partial charge >= 0.3 is 0 Å². The van der Waals surface area contributed by atoms with E-state index in [1.54, 1.807) is 12.4 Å². The first-order chi connectivity index (χ1) is 10.7. The molecule has 0 aliphatic rings. The Morgan fingerprint density at radius 2 is 1.91 bits per heavy atom. The number of nitrogens with zero attached hydrogens (tertiary/aromatic N) is 2. The highest BCUT2D eigenvalue weighted by molar-refractivity contribution is 6.08. The zero-order chi connectivity index (χ0) is 15.8. The molecule has 0 amide bonds. The van der Waals surface area contributed by atoms with Gasteiger partial charge in [-0.1, -0.05) is 23.8 Å². The van der Waals surface area contributed by atoms with Gasteiger partial charge in [-0.3, -0.25) is 9.98 Å². The highest BCUT2D eigenvalue weighted by Gasteiger charge is 2.05. The molecule has 22 heavy (non-hydrogen) atoms. The number of ether oxygens (including phenoxy) is 1. The van der Waals surface area contributed by atoms with Crippen molar-refractivity contribution in [1.82, 2.24) is 4.98 Å². The fourth-order valence-corrected chi connectivity index (χ4v) is 2.33. The maximum atomic E-state index is 5.69. The van der Waals surface area contributed by atoms with Gasteiger partial charge in [-0.05, 0) is 50.1 Å². The average Bonchev–Trinajstić information content (AvgIpc) is 2.55. The maximum Gasteiger partial charge on any atom is 0.122 e. The number of aromatic nitrogens is 1. The van der Waals surface area contributed by atoms with Crippen molar-refractivity contribution in [2.75, 3.05) is 13.7 Å². The summed E-state index contributed by atoms with van der Waals surface area (Å²) in [5, 5.41) is 0. The Bertz CT molecular complexity index is 660. The van der Waals surface area contributed by atoms with Gasteiger partial charge in [-0.15, -0.1) is 0 Å². The molecule has 2 rings (SSSR count). The molecule has 0 unspecified atom stereocenters. The van der Waals surface area contributed by atoms with Crippen molar-refractivity contribution in [2.45, 2.75) is 20.3 Å². The zero-order valence-corrected chi connectivity index (χ0v) is 13.4. The maximum absolute atomic E-state index is 5.69. The van der Waals surface area contributed by atoms with Crippen LogP contribution < -0.4 is 4.74 Å². The monoisotopic (exact) mass is 294 g/mol. The molecule has 0 saturated carbocycles. The van der Waals surface area contributed by atoms with Gasteiger partial charge < -0.3 is 4.74 Å². The van der Waals surface area contributed by atoms with Crippen molar-refractivity contribution < 1.29 is 4.74 Å². The third kappa shape index (κ3) is 4.29. The number of rotatable bonds is 6. The van der Waals surface area contributed by atoms with E-state index in [2.05, 4.69) is 29.0 Å². The summed E-state index contributed by atoms with van der Waals surface area (Å²) in [6.45, 7) is 4.80. The first-order valence-corrected chi connectivity index (χ1v) is 7.49. The number of aliphatic imine (C=N–C) groups is 1. The van der Waals surface area contributed by atoms with Crippen LogP contribution in [0.25, 0.3) is 0 Å². The number of hydrogen-bond acceptors (Lipinski definition) is 3. The second kappa shape index (κ2) is 8.13. The molecular formula is C19H22N2O. The van der Waals surface area contributed by atoms with E-state index < -0.39 is 0 Å². The van der Waals surface area contributed by atoms with Crippen LogP contribution in [0, 0.1) is 0 Å². The summed E-state index contributed by atoms with van der Waals surface area (Å²) in [5.74, 6) is 0.955. The topological polar surface area (TPSA) is 34.5 Å².